The molecule has 0 aliphatic carbocycles. The van der Waals surface area contributed by atoms with Crippen molar-refractivity contribution in [2.45, 2.75) is 13.5 Å². The second-order valence-electron chi connectivity index (χ2n) is 5.49. The van der Waals surface area contributed by atoms with Crippen molar-refractivity contribution >= 4 is 40.1 Å². The molecule has 0 saturated carbocycles. The SMILES string of the molecule is Cc1c(F)cc2c(c1F)c(F)c(C(=O)O)n2Cc1ccc(Cl)c(Cl)c1. The molecule has 0 atom stereocenters. The van der Waals surface area contributed by atoms with Gasteiger partial charge in [0.15, 0.2) is 11.5 Å². The average molecular weight is 388 g/mol. The summed E-state index contributed by atoms with van der Waals surface area (Å²) in [7, 11) is 0. The quantitative estimate of drug-likeness (QED) is 0.651. The molecule has 0 bridgehead atoms. The highest BCUT2D eigenvalue weighted by Gasteiger charge is 2.27. The monoisotopic (exact) mass is 387 g/mol. The molecule has 0 unspecified atom stereocenters. The van der Waals surface area contributed by atoms with Crippen LogP contribution in [0.3, 0.4) is 0 Å². The smallest absolute Gasteiger partial charge is 0.355 e. The maximum absolute atomic E-state index is 14.5. The molecule has 0 aliphatic rings. The van der Waals surface area contributed by atoms with Gasteiger partial charge in [-0.3, -0.25) is 0 Å². The van der Waals surface area contributed by atoms with E-state index in [1.807, 2.05) is 0 Å². The number of fused-ring (bicyclic) bond motifs is 1. The Morgan fingerprint density at radius 2 is 1.80 bits per heavy atom. The van der Waals surface area contributed by atoms with Crippen LogP contribution in [-0.2, 0) is 6.54 Å². The van der Waals surface area contributed by atoms with Gasteiger partial charge in [0.25, 0.3) is 0 Å². The third-order valence-electron chi connectivity index (χ3n) is 3.94. The summed E-state index contributed by atoms with van der Waals surface area (Å²) in [5.74, 6) is -4.85. The maximum Gasteiger partial charge on any atom is 0.355 e. The van der Waals surface area contributed by atoms with E-state index in [1.165, 1.54) is 12.1 Å². The average Bonchev–Trinajstić information content (AvgIpc) is 2.81. The standard InChI is InChI=1S/C17H10Cl2F3NO2/c1-7-11(20)5-12-13(14(7)21)15(22)16(17(24)25)23(12)6-8-2-3-9(18)10(19)4-8/h2-5H,6H2,1H3,(H,24,25). The van der Waals surface area contributed by atoms with Crippen molar-refractivity contribution in [2.24, 2.45) is 0 Å². The topological polar surface area (TPSA) is 42.2 Å². The van der Waals surface area contributed by atoms with Crippen LogP contribution in [-0.4, -0.2) is 15.6 Å². The Kier molecular flexibility index (Phi) is 4.43. The van der Waals surface area contributed by atoms with Crippen LogP contribution in [0.4, 0.5) is 13.2 Å². The van der Waals surface area contributed by atoms with Crippen molar-refractivity contribution in [1.82, 2.24) is 4.57 Å². The molecule has 3 nitrogen and oxygen atoms in total. The first-order valence-corrected chi connectivity index (χ1v) is 7.81. The lowest BCUT2D eigenvalue weighted by atomic mass is 10.1. The maximum atomic E-state index is 14.5. The van der Waals surface area contributed by atoms with E-state index < -0.39 is 34.5 Å². The van der Waals surface area contributed by atoms with E-state index in [9.17, 15) is 23.1 Å². The van der Waals surface area contributed by atoms with Crippen LogP contribution in [0.5, 0.6) is 0 Å². The lowest BCUT2D eigenvalue weighted by Gasteiger charge is -2.10. The van der Waals surface area contributed by atoms with Crippen molar-refractivity contribution in [2.75, 3.05) is 0 Å². The largest absolute Gasteiger partial charge is 0.476 e. The lowest BCUT2D eigenvalue weighted by Crippen LogP contribution is -2.11. The van der Waals surface area contributed by atoms with Crippen molar-refractivity contribution in [3.05, 3.63) is 68.6 Å². The predicted octanol–water partition coefficient (Wildman–Crippen LogP) is 5.42. The zero-order chi connectivity index (χ0) is 18.5. The molecular formula is C17H10Cl2F3NO2. The second kappa shape index (κ2) is 6.28. The highest BCUT2D eigenvalue weighted by atomic mass is 35.5. The molecule has 0 amide bonds. The van der Waals surface area contributed by atoms with E-state index in [1.54, 1.807) is 6.07 Å². The number of carboxylic acids is 1. The number of hydrogen-bond donors (Lipinski definition) is 1. The van der Waals surface area contributed by atoms with E-state index in [4.69, 9.17) is 23.2 Å². The van der Waals surface area contributed by atoms with E-state index >= 15 is 0 Å². The summed E-state index contributed by atoms with van der Waals surface area (Å²) in [4.78, 5) is 11.5. The van der Waals surface area contributed by atoms with Gasteiger partial charge < -0.3 is 9.67 Å². The Morgan fingerprint density at radius 3 is 2.40 bits per heavy atom. The minimum absolute atomic E-state index is 0.152. The Morgan fingerprint density at radius 1 is 1.12 bits per heavy atom. The van der Waals surface area contributed by atoms with Gasteiger partial charge in [0, 0.05) is 12.1 Å². The van der Waals surface area contributed by atoms with Crippen LogP contribution in [0.25, 0.3) is 10.9 Å². The number of aromatic carboxylic acids is 1. The number of rotatable bonds is 3. The molecule has 0 fully saturated rings. The number of hydrogen-bond acceptors (Lipinski definition) is 1. The Bertz CT molecular complexity index is 1030. The molecule has 3 aromatic rings. The number of carboxylic acid groups (broad SMARTS) is 1. The number of carbonyl (C=O) groups is 1. The van der Waals surface area contributed by atoms with Gasteiger partial charge in [-0.05, 0) is 30.7 Å². The fourth-order valence-electron chi connectivity index (χ4n) is 2.68. The van der Waals surface area contributed by atoms with Crippen LogP contribution >= 0.6 is 23.2 Å². The third kappa shape index (κ3) is 2.85. The van der Waals surface area contributed by atoms with Gasteiger partial charge in [-0.1, -0.05) is 29.3 Å². The molecule has 8 heteroatoms. The molecule has 0 spiro atoms. The van der Waals surface area contributed by atoms with Gasteiger partial charge in [-0.25, -0.2) is 18.0 Å². The van der Waals surface area contributed by atoms with Crippen LogP contribution in [0, 0.1) is 24.4 Å². The Balaban J connectivity index is 2.30. The summed E-state index contributed by atoms with van der Waals surface area (Å²) in [6.45, 7) is 1.00. The van der Waals surface area contributed by atoms with E-state index in [-0.39, 0.29) is 22.6 Å². The van der Waals surface area contributed by atoms with E-state index in [0.29, 0.717) is 10.6 Å². The number of halogens is 5. The molecule has 0 aliphatic heterocycles. The number of aromatic nitrogens is 1. The van der Waals surface area contributed by atoms with Crippen molar-refractivity contribution in [1.29, 1.82) is 0 Å². The lowest BCUT2D eigenvalue weighted by molar-refractivity contribution is 0.0681. The van der Waals surface area contributed by atoms with Gasteiger partial charge in [0.1, 0.15) is 11.6 Å². The number of benzene rings is 2. The minimum atomic E-state index is -1.59. The molecule has 2 aromatic carbocycles. The molecule has 130 valence electrons. The molecular weight excluding hydrogens is 378 g/mol. The molecule has 3 rings (SSSR count). The van der Waals surface area contributed by atoms with Crippen LogP contribution in [0.2, 0.25) is 10.0 Å². The normalized spacial score (nSPS) is 11.3. The minimum Gasteiger partial charge on any atom is -0.476 e. The van der Waals surface area contributed by atoms with Gasteiger partial charge in [0.2, 0.25) is 0 Å². The molecule has 25 heavy (non-hydrogen) atoms. The van der Waals surface area contributed by atoms with Crippen LogP contribution < -0.4 is 0 Å². The van der Waals surface area contributed by atoms with Gasteiger partial charge in [0.05, 0.1) is 20.9 Å². The summed E-state index contributed by atoms with van der Waals surface area (Å²) in [5.41, 5.74) is -0.836. The van der Waals surface area contributed by atoms with Crippen molar-refractivity contribution in [3.63, 3.8) is 0 Å². The van der Waals surface area contributed by atoms with E-state index in [2.05, 4.69) is 0 Å². The fourth-order valence-corrected chi connectivity index (χ4v) is 3.00. The summed E-state index contributed by atoms with van der Waals surface area (Å²) in [6.07, 6.45) is 0. The first-order chi connectivity index (χ1) is 11.7. The zero-order valence-electron chi connectivity index (χ0n) is 12.7. The molecule has 0 saturated heterocycles. The van der Waals surface area contributed by atoms with Gasteiger partial charge >= 0.3 is 5.97 Å². The summed E-state index contributed by atoms with van der Waals surface area (Å²) < 4.78 is 43.8. The van der Waals surface area contributed by atoms with Crippen molar-refractivity contribution in [3.8, 4) is 0 Å². The zero-order valence-corrected chi connectivity index (χ0v) is 14.2. The van der Waals surface area contributed by atoms with Gasteiger partial charge in [-0.15, -0.1) is 0 Å². The van der Waals surface area contributed by atoms with Gasteiger partial charge in [-0.2, -0.15) is 0 Å². The van der Waals surface area contributed by atoms with Crippen LogP contribution in [0.1, 0.15) is 21.6 Å². The number of nitrogens with zero attached hydrogens (tertiary/aromatic N) is 1. The highest BCUT2D eigenvalue weighted by Crippen LogP contribution is 2.32. The second-order valence-corrected chi connectivity index (χ2v) is 6.31. The summed E-state index contributed by atoms with van der Waals surface area (Å²) in [5, 5.41) is 9.29. The Labute approximate surface area is 150 Å². The molecule has 1 N–H and O–H groups in total. The predicted molar refractivity (Wildman–Crippen MR) is 89.1 cm³/mol. The fraction of sp³-hybridized carbons (Fsp3) is 0.118. The van der Waals surface area contributed by atoms with Crippen molar-refractivity contribution < 1.29 is 23.1 Å². The Hall–Kier alpha value is -2.18. The summed E-state index contributed by atoms with van der Waals surface area (Å²) in [6, 6.07) is 5.44. The van der Waals surface area contributed by atoms with E-state index in [0.717, 1.165) is 17.6 Å². The molecule has 1 heterocycles. The summed E-state index contributed by atoms with van der Waals surface area (Å²) >= 11 is 11.8. The molecule has 0 radical (unpaired) electrons. The third-order valence-corrected chi connectivity index (χ3v) is 4.68. The van der Waals surface area contributed by atoms with Crippen LogP contribution in [0.15, 0.2) is 24.3 Å². The first-order valence-electron chi connectivity index (χ1n) is 7.06. The molecule has 1 aromatic heterocycles. The first kappa shape index (κ1) is 17.6. The highest BCUT2D eigenvalue weighted by molar-refractivity contribution is 6.42.